The van der Waals surface area contributed by atoms with Gasteiger partial charge in [-0.15, -0.1) is 0 Å². The molecule has 2 amide bonds. The first-order valence-electron chi connectivity index (χ1n) is 9.46. The van der Waals surface area contributed by atoms with Crippen LogP contribution >= 0.6 is 46.4 Å². The van der Waals surface area contributed by atoms with E-state index < -0.39 is 12.2 Å². The molecule has 0 aliphatic carbocycles. The number of amides is 2. The lowest BCUT2D eigenvalue weighted by Gasteiger charge is -2.17. The van der Waals surface area contributed by atoms with Gasteiger partial charge in [-0.25, -0.2) is 0 Å². The van der Waals surface area contributed by atoms with E-state index in [1.807, 2.05) is 0 Å². The minimum Gasteiger partial charge on any atom is -0.479 e. The van der Waals surface area contributed by atoms with E-state index in [1.165, 1.54) is 12.1 Å². The first kappa shape index (κ1) is 25.4. The third kappa shape index (κ3) is 8.30. The number of benzene rings is 2. The van der Waals surface area contributed by atoms with E-state index >= 15 is 0 Å². The largest absolute Gasteiger partial charge is 0.479 e. The highest BCUT2D eigenvalue weighted by molar-refractivity contribution is 6.36. The molecular weight excluding hydrogens is 486 g/mol. The van der Waals surface area contributed by atoms with E-state index in [4.69, 9.17) is 55.9 Å². The summed E-state index contributed by atoms with van der Waals surface area (Å²) in [5.74, 6) is 0.143. The van der Waals surface area contributed by atoms with Crippen LogP contribution in [0.5, 0.6) is 11.5 Å². The van der Waals surface area contributed by atoms with Crippen molar-refractivity contribution < 1.29 is 19.1 Å². The molecule has 0 aliphatic heterocycles. The summed E-state index contributed by atoms with van der Waals surface area (Å²) < 4.78 is 11.1. The number of halogens is 4. The fourth-order valence-electron chi connectivity index (χ4n) is 2.43. The molecule has 6 nitrogen and oxygen atoms in total. The molecule has 0 unspecified atom stereocenters. The van der Waals surface area contributed by atoms with Gasteiger partial charge in [-0.3, -0.25) is 9.59 Å². The molecule has 0 radical (unpaired) electrons. The lowest BCUT2D eigenvalue weighted by Crippen LogP contribution is -2.40. The van der Waals surface area contributed by atoms with E-state index in [0.29, 0.717) is 51.1 Å². The van der Waals surface area contributed by atoms with E-state index in [9.17, 15) is 9.59 Å². The molecule has 0 saturated carbocycles. The maximum Gasteiger partial charge on any atom is 0.260 e. The Bertz CT molecular complexity index is 853. The van der Waals surface area contributed by atoms with Gasteiger partial charge < -0.3 is 20.1 Å². The van der Waals surface area contributed by atoms with Gasteiger partial charge in [-0.05, 0) is 56.7 Å². The summed E-state index contributed by atoms with van der Waals surface area (Å²) in [7, 11) is 0. The highest BCUT2D eigenvalue weighted by atomic mass is 35.5. The standard InChI is InChI=1S/C21H22Cl4N2O4/c1-12(30-18-6-4-14(22)10-16(18)24)20(28)26-8-3-9-27-21(29)13(2)31-19-7-5-15(23)11-17(19)25/h4-7,10-13H,3,8-9H2,1-2H3,(H,26,28)(H,27,29)/t12-,13-/m1/s1. The van der Waals surface area contributed by atoms with Crippen molar-refractivity contribution in [1.29, 1.82) is 0 Å². The number of hydrogen-bond acceptors (Lipinski definition) is 4. The lowest BCUT2D eigenvalue weighted by atomic mass is 10.3. The average molecular weight is 508 g/mol. The average Bonchev–Trinajstić information content (AvgIpc) is 2.71. The monoisotopic (exact) mass is 506 g/mol. The molecular formula is C21H22Cl4N2O4. The third-order valence-electron chi connectivity index (χ3n) is 4.09. The summed E-state index contributed by atoms with van der Waals surface area (Å²) in [6, 6.07) is 9.53. The normalized spacial score (nSPS) is 12.6. The zero-order chi connectivity index (χ0) is 23.0. The summed E-state index contributed by atoms with van der Waals surface area (Å²) in [5.41, 5.74) is 0. The maximum atomic E-state index is 12.2. The van der Waals surface area contributed by atoms with Crippen molar-refractivity contribution in [2.75, 3.05) is 13.1 Å². The van der Waals surface area contributed by atoms with Gasteiger partial charge in [0.2, 0.25) is 0 Å². The number of rotatable bonds is 10. The Morgan fingerprint density at radius 2 is 1.16 bits per heavy atom. The predicted molar refractivity (Wildman–Crippen MR) is 124 cm³/mol. The molecule has 0 aromatic heterocycles. The summed E-state index contributed by atoms with van der Waals surface area (Å²) >= 11 is 23.8. The molecule has 10 heteroatoms. The molecule has 2 aromatic carbocycles. The Balaban J connectivity index is 1.67. The number of nitrogens with one attached hydrogen (secondary N) is 2. The highest BCUT2D eigenvalue weighted by Crippen LogP contribution is 2.29. The Kier molecular flexibility index (Phi) is 10.0. The molecule has 2 N–H and O–H groups in total. The van der Waals surface area contributed by atoms with Crippen molar-refractivity contribution >= 4 is 58.2 Å². The highest BCUT2D eigenvalue weighted by Gasteiger charge is 2.17. The quantitative estimate of drug-likeness (QED) is 0.435. The van der Waals surface area contributed by atoms with Crippen LogP contribution in [0, 0.1) is 0 Å². The predicted octanol–water partition coefficient (Wildman–Crippen LogP) is 5.16. The third-order valence-corrected chi connectivity index (χ3v) is 5.15. The molecule has 0 spiro atoms. The van der Waals surface area contributed by atoms with Crippen molar-refractivity contribution in [2.45, 2.75) is 32.5 Å². The van der Waals surface area contributed by atoms with E-state index in [0.717, 1.165) is 0 Å². The van der Waals surface area contributed by atoms with Crippen LogP contribution < -0.4 is 20.1 Å². The van der Waals surface area contributed by atoms with Crippen molar-refractivity contribution in [1.82, 2.24) is 10.6 Å². The van der Waals surface area contributed by atoms with Crippen molar-refractivity contribution in [3.05, 3.63) is 56.5 Å². The molecule has 0 aliphatic rings. The zero-order valence-electron chi connectivity index (χ0n) is 16.9. The van der Waals surface area contributed by atoms with Crippen molar-refractivity contribution in [3.8, 4) is 11.5 Å². The van der Waals surface area contributed by atoms with Crippen molar-refractivity contribution in [2.24, 2.45) is 0 Å². The Morgan fingerprint density at radius 3 is 1.52 bits per heavy atom. The second-order valence-electron chi connectivity index (χ2n) is 6.61. The topological polar surface area (TPSA) is 76.7 Å². The smallest absolute Gasteiger partial charge is 0.260 e. The summed E-state index contributed by atoms with van der Waals surface area (Å²) in [5, 5.41) is 7.10. The Labute approximate surface area is 201 Å². The van der Waals surface area contributed by atoms with Gasteiger partial charge in [0.05, 0.1) is 10.0 Å². The number of carbonyl (C=O) groups excluding carboxylic acids is 2. The second-order valence-corrected chi connectivity index (χ2v) is 8.29. The molecule has 31 heavy (non-hydrogen) atoms. The fraction of sp³-hybridized carbons (Fsp3) is 0.333. The van der Waals surface area contributed by atoms with Gasteiger partial charge in [-0.1, -0.05) is 46.4 Å². The van der Waals surface area contributed by atoms with Crippen LogP contribution in [0.2, 0.25) is 20.1 Å². The molecule has 168 valence electrons. The summed E-state index contributed by atoms with van der Waals surface area (Å²) in [6.45, 7) is 3.95. The number of carbonyl (C=O) groups is 2. The molecule has 0 heterocycles. The van der Waals surface area contributed by atoms with Crippen molar-refractivity contribution in [3.63, 3.8) is 0 Å². The number of hydrogen-bond donors (Lipinski definition) is 2. The molecule has 2 rings (SSSR count). The van der Waals surface area contributed by atoms with Crippen LogP contribution in [0.25, 0.3) is 0 Å². The first-order chi connectivity index (χ1) is 14.7. The van der Waals surface area contributed by atoms with Gasteiger partial charge in [0.1, 0.15) is 11.5 Å². The van der Waals surface area contributed by atoms with Crippen LogP contribution in [-0.4, -0.2) is 37.1 Å². The van der Waals surface area contributed by atoms with Gasteiger partial charge >= 0.3 is 0 Å². The Hall–Kier alpha value is -1.86. The van der Waals surface area contributed by atoms with Crippen LogP contribution in [0.15, 0.2) is 36.4 Å². The first-order valence-corrected chi connectivity index (χ1v) is 11.0. The molecule has 0 fully saturated rings. The number of ether oxygens (including phenoxy) is 2. The van der Waals surface area contributed by atoms with Crippen LogP contribution in [-0.2, 0) is 9.59 Å². The summed E-state index contributed by atoms with van der Waals surface area (Å²) in [4.78, 5) is 24.3. The lowest BCUT2D eigenvalue weighted by molar-refractivity contribution is -0.127. The molecule has 0 bridgehead atoms. The maximum absolute atomic E-state index is 12.2. The van der Waals surface area contributed by atoms with Gasteiger partial charge in [-0.2, -0.15) is 0 Å². The van der Waals surface area contributed by atoms with Crippen LogP contribution in [0.1, 0.15) is 20.3 Å². The molecule has 0 saturated heterocycles. The van der Waals surface area contributed by atoms with Crippen LogP contribution in [0.4, 0.5) is 0 Å². The van der Waals surface area contributed by atoms with E-state index in [2.05, 4.69) is 10.6 Å². The zero-order valence-corrected chi connectivity index (χ0v) is 19.9. The SMILES string of the molecule is C[C@@H](Oc1ccc(Cl)cc1Cl)C(=O)NCCCNC(=O)[C@@H](C)Oc1ccc(Cl)cc1Cl. The molecule has 2 aromatic rings. The summed E-state index contributed by atoms with van der Waals surface area (Å²) in [6.07, 6.45) is -0.961. The van der Waals surface area contributed by atoms with Gasteiger partial charge in [0.25, 0.3) is 11.8 Å². The van der Waals surface area contributed by atoms with E-state index in [-0.39, 0.29) is 11.8 Å². The fourth-order valence-corrected chi connectivity index (χ4v) is 3.33. The van der Waals surface area contributed by atoms with Gasteiger partial charge in [0, 0.05) is 23.1 Å². The second kappa shape index (κ2) is 12.2. The molecule has 2 atom stereocenters. The van der Waals surface area contributed by atoms with E-state index in [1.54, 1.807) is 38.1 Å². The Morgan fingerprint density at radius 1 is 0.774 bits per heavy atom. The minimum absolute atomic E-state index is 0.300. The minimum atomic E-state index is -0.745. The van der Waals surface area contributed by atoms with Gasteiger partial charge in [0.15, 0.2) is 12.2 Å². The van der Waals surface area contributed by atoms with Crippen LogP contribution in [0.3, 0.4) is 0 Å².